The number of non-ortho nitro benzene ring substituents is 1. The molecule has 9 nitrogen and oxygen atoms in total. The van der Waals surface area contributed by atoms with Crippen molar-refractivity contribution < 1.29 is 9.72 Å². The van der Waals surface area contributed by atoms with Gasteiger partial charge in [-0.3, -0.25) is 19.5 Å². The maximum atomic E-state index is 13.1. The lowest BCUT2D eigenvalue weighted by Crippen LogP contribution is -2.47. The minimum Gasteiger partial charge on any atom is -0.336 e. The topological polar surface area (TPSA) is 97.4 Å². The molecule has 4 rings (SSSR count). The molecule has 1 fully saturated rings. The van der Waals surface area contributed by atoms with Gasteiger partial charge in [-0.05, 0) is 37.7 Å². The van der Waals surface area contributed by atoms with Crippen LogP contribution in [0.1, 0.15) is 21.7 Å². The second-order valence-corrected chi connectivity index (χ2v) is 8.62. The van der Waals surface area contributed by atoms with Crippen LogP contribution in [0.15, 0.2) is 53.7 Å². The van der Waals surface area contributed by atoms with Gasteiger partial charge in [-0.15, -0.1) is 10.2 Å². The van der Waals surface area contributed by atoms with Gasteiger partial charge < -0.3 is 9.80 Å². The summed E-state index contributed by atoms with van der Waals surface area (Å²) in [5.74, 6) is 1.30. The standard InChI is InChI=1S/C22H24N6O3S/c1-16-23-24-22(27(16)18-7-9-19(10-8-18)28(30)31)32-15-17-5-3-4-6-20(17)21(29)26-13-11-25(2)12-14-26/h3-10H,11-15H2,1-2H3. The number of nitro benzene ring substituents is 1. The second-order valence-electron chi connectivity index (χ2n) is 7.68. The molecule has 1 saturated heterocycles. The summed E-state index contributed by atoms with van der Waals surface area (Å²) < 4.78 is 1.86. The van der Waals surface area contributed by atoms with Gasteiger partial charge >= 0.3 is 0 Å². The maximum Gasteiger partial charge on any atom is 0.269 e. The zero-order valence-corrected chi connectivity index (χ0v) is 18.8. The minimum absolute atomic E-state index is 0.0324. The Balaban J connectivity index is 1.53. The predicted molar refractivity (Wildman–Crippen MR) is 122 cm³/mol. The molecule has 0 unspecified atom stereocenters. The molecule has 166 valence electrons. The number of nitro groups is 1. The fourth-order valence-corrected chi connectivity index (χ4v) is 4.64. The minimum atomic E-state index is -0.424. The summed E-state index contributed by atoms with van der Waals surface area (Å²) in [6.07, 6.45) is 0. The Hall–Kier alpha value is -3.24. The monoisotopic (exact) mass is 452 g/mol. The Morgan fingerprint density at radius 2 is 1.75 bits per heavy atom. The number of amides is 1. The van der Waals surface area contributed by atoms with Crippen molar-refractivity contribution >= 4 is 23.4 Å². The highest BCUT2D eigenvalue weighted by Crippen LogP contribution is 2.27. The van der Waals surface area contributed by atoms with Crippen LogP contribution in [0.3, 0.4) is 0 Å². The van der Waals surface area contributed by atoms with Crippen LogP contribution in [0.25, 0.3) is 5.69 Å². The first-order chi connectivity index (χ1) is 15.4. The number of nitrogens with zero attached hydrogens (tertiary/aromatic N) is 6. The van der Waals surface area contributed by atoms with E-state index in [1.807, 2.05) is 40.7 Å². The summed E-state index contributed by atoms with van der Waals surface area (Å²) in [6, 6.07) is 14.0. The zero-order valence-electron chi connectivity index (χ0n) is 18.0. The van der Waals surface area contributed by atoms with E-state index in [0.717, 1.165) is 37.4 Å². The molecule has 0 spiro atoms. The smallest absolute Gasteiger partial charge is 0.269 e. The van der Waals surface area contributed by atoms with Gasteiger partial charge in [0.1, 0.15) is 5.82 Å². The average Bonchev–Trinajstić information content (AvgIpc) is 3.18. The summed E-state index contributed by atoms with van der Waals surface area (Å²) in [5, 5.41) is 20.1. The van der Waals surface area contributed by atoms with E-state index in [-0.39, 0.29) is 11.6 Å². The van der Waals surface area contributed by atoms with Gasteiger partial charge in [-0.25, -0.2) is 0 Å². The zero-order chi connectivity index (χ0) is 22.7. The number of likely N-dealkylation sites (N-methyl/N-ethyl adjacent to an activating group) is 1. The predicted octanol–water partition coefficient (Wildman–Crippen LogP) is 3.16. The highest BCUT2D eigenvalue weighted by atomic mass is 32.2. The summed E-state index contributed by atoms with van der Waals surface area (Å²) >= 11 is 1.48. The van der Waals surface area contributed by atoms with Gasteiger partial charge in [-0.1, -0.05) is 30.0 Å². The number of carbonyl (C=O) groups excluding carboxylic acids is 1. The summed E-state index contributed by atoms with van der Waals surface area (Å²) in [4.78, 5) is 27.8. The van der Waals surface area contributed by atoms with Gasteiger partial charge in [0.25, 0.3) is 11.6 Å². The lowest BCUT2D eigenvalue weighted by atomic mass is 10.1. The number of rotatable bonds is 6. The van der Waals surface area contributed by atoms with Crippen molar-refractivity contribution in [2.24, 2.45) is 0 Å². The Morgan fingerprint density at radius 1 is 1.06 bits per heavy atom. The third-order valence-corrected chi connectivity index (χ3v) is 6.49. The largest absolute Gasteiger partial charge is 0.336 e. The van der Waals surface area contributed by atoms with Crippen LogP contribution >= 0.6 is 11.8 Å². The Morgan fingerprint density at radius 3 is 2.44 bits per heavy atom. The van der Waals surface area contributed by atoms with Crippen molar-refractivity contribution in [3.63, 3.8) is 0 Å². The fraction of sp³-hybridized carbons (Fsp3) is 0.318. The Bertz CT molecular complexity index is 1120. The van der Waals surface area contributed by atoms with E-state index in [1.165, 1.54) is 23.9 Å². The molecule has 1 aromatic heterocycles. The molecule has 0 N–H and O–H groups in total. The number of benzene rings is 2. The van der Waals surface area contributed by atoms with E-state index in [0.29, 0.717) is 22.3 Å². The van der Waals surface area contributed by atoms with Crippen LogP contribution in [0.2, 0.25) is 0 Å². The van der Waals surface area contributed by atoms with Gasteiger partial charge in [0.15, 0.2) is 5.16 Å². The summed E-state index contributed by atoms with van der Waals surface area (Å²) in [7, 11) is 2.06. The molecule has 1 aliphatic rings. The SMILES string of the molecule is Cc1nnc(SCc2ccccc2C(=O)N2CCN(C)CC2)n1-c1ccc([N+](=O)[O-])cc1. The first kappa shape index (κ1) is 22.0. The molecule has 0 bridgehead atoms. The van der Waals surface area contributed by atoms with Gasteiger partial charge in [0.05, 0.1) is 4.92 Å². The number of hydrogen-bond donors (Lipinski definition) is 0. The van der Waals surface area contributed by atoms with Crippen molar-refractivity contribution in [1.29, 1.82) is 0 Å². The average molecular weight is 453 g/mol. The summed E-state index contributed by atoms with van der Waals surface area (Å²) in [5.41, 5.74) is 2.44. The lowest BCUT2D eigenvalue weighted by Gasteiger charge is -2.32. The van der Waals surface area contributed by atoms with E-state index in [1.54, 1.807) is 12.1 Å². The number of aryl methyl sites for hydroxylation is 1. The van der Waals surface area contributed by atoms with E-state index < -0.39 is 4.92 Å². The molecular formula is C22H24N6O3S. The van der Waals surface area contributed by atoms with Crippen molar-refractivity contribution in [3.8, 4) is 5.69 Å². The molecule has 0 radical (unpaired) electrons. The molecule has 1 aliphatic heterocycles. The first-order valence-corrected chi connectivity index (χ1v) is 11.3. The molecule has 2 heterocycles. The maximum absolute atomic E-state index is 13.1. The van der Waals surface area contributed by atoms with Gasteiger partial charge in [0.2, 0.25) is 0 Å². The third kappa shape index (κ3) is 4.66. The van der Waals surface area contributed by atoms with Crippen molar-refractivity contribution in [1.82, 2.24) is 24.6 Å². The highest BCUT2D eigenvalue weighted by Gasteiger charge is 2.22. The molecule has 32 heavy (non-hydrogen) atoms. The normalized spacial score (nSPS) is 14.5. The summed E-state index contributed by atoms with van der Waals surface area (Å²) in [6.45, 7) is 5.04. The fourth-order valence-electron chi connectivity index (χ4n) is 3.63. The van der Waals surface area contributed by atoms with Crippen molar-refractivity contribution in [2.75, 3.05) is 33.2 Å². The first-order valence-electron chi connectivity index (χ1n) is 10.3. The van der Waals surface area contributed by atoms with Gasteiger partial charge in [-0.2, -0.15) is 0 Å². The van der Waals surface area contributed by atoms with Crippen LogP contribution < -0.4 is 0 Å². The Kier molecular flexibility index (Phi) is 6.52. The van der Waals surface area contributed by atoms with Crippen LogP contribution in [-0.4, -0.2) is 68.6 Å². The Labute approximate surface area is 190 Å². The lowest BCUT2D eigenvalue weighted by molar-refractivity contribution is -0.384. The number of hydrogen-bond acceptors (Lipinski definition) is 7. The molecule has 0 atom stereocenters. The van der Waals surface area contributed by atoms with E-state index in [4.69, 9.17) is 0 Å². The molecular weight excluding hydrogens is 428 g/mol. The molecule has 3 aromatic rings. The third-order valence-electron chi connectivity index (χ3n) is 5.51. The van der Waals surface area contributed by atoms with E-state index in [9.17, 15) is 14.9 Å². The molecule has 2 aromatic carbocycles. The quantitative estimate of drug-likeness (QED) is 0.322. The number of piperazine rings is 1. The molecule has 0 aliphatic carbocycles. The van der Waals surface area contributed by atoms with Gasteiger partial charge in [0, 0.05) is 55.3 Å². The van der Waals surface area contributed by atoms with Crippen LogP contribution in [-0.2, 0) is 5.75 Å². The van der Waals surface area contributed by atoms with E-state index in [2.05, 4.69) is 22.1 Å². The number of thioether (sulfide) groups is 1. The number of carbonyl (C=O) groups is 1. The number of aromatic nitrogens is 3. The van der Waals surface area contributed by atoms with Crippen LogP contribution in [0.5, 0.6) is 0 Å². The highest BCUT2D eigenvalue weighted by molar-refractivity contribution is 7.98. The van der Waals surface area contributed by atoms with Crippen LogP contribution in [0, 0.1) is 17.0 Å². The molecule has 1 amide bonds. The second kappa shape index (κ2) is 9.49. The van der Waals surface area contributed by atoms with E-state index >= 15 is 0 Å². The van der Waals surface area contributed by atoms with Crippen molar-refractivity contribution in [3.05, 3.63) is 75.6 Å². The molecule has 0 saturated carbocycles. The molecule has 10 heteroatoms. The van der Waals surface area contributed by atoms with Crippen molar-refractivity contribution in [2.45, 2.75) is 17.8 Å². The van der Waals surface area contributed by atoms with Crippen LogP contribution in [0.4, 0.5) is 5.69 Å².